The minimum absolute atomic E-state index is 0. The topological polar surface area (TPSA) is 62.1 Å². The van der Waals surface area contributed by atoms with E-state index >= 15 is 0 Å². The highest BCUT2D eigenvalue weighted by Crippen LogP contribution is 2.22. The van der Waals surface area contributed by atoms with Gasteiger partial charge in [-0.3, -0.25) is 4.90 Å². The summed E-state index contributed by atoms with van der Waals surface area (Å²) in [5, 5.41) is 3.46. The lowest BCUT2D eigenvalue weighted by atomic mass is 10.1. The van der Waals surface area contributed by atoms with Gasteiger partial charge in [-0.05, 0) is 6.07 Å². The molecule has 1 atom stereocenters. The Labute approximate surface area is 143 Å². The first-order valence-corrected chi connectivity index (χ1v) is 7.56. The Balaban J connectivity index is 0.00000192. The van der Waals surface area contributed by atoms with E-state index in [1.165, 1.54) is 0 Å². The fourth-order valence-corrected chi connectivity index (χ4v) is 2.78. The Morgan fingerprint density at radius 1 is 1.30 bits per heavy atom. The molecule has 3 heterocycles. The van der Waals surface area contributed by atoms with Crippen molar-refractivity contribution in [2.45, 2.75) is 12.6 Å². The highest BCUT2D eigenvalue weighted by atomic mass is 35.5. The van der Waals surface area contributed by atoms with Gasteiger partial charge in [0, 0.05) is 65.9 Å². The van der Waals surface area contributed by atoms with Crippen molar-refractivity contribution in [2.75, 3.05) is 38.6 Å². The third kappa shape index (κ3) is 3.99. The second-order valence-corrected chi connectivity index (χ2v) is 5.83. The highest BCUT2D eigenvalue weighted by molar-refractivity contribution is 5.85. The number of piperazine rings is 1. The number of aryl methyl sites for hydroxylation is 1. The largest absolute Gasteiger partial charge is 0.347 e. The summed E-state index contributed by atoms with van der Waals surface area (Å²) >= 11 is 0. The predicted molar refractivity (Wildman–Crippen MR) is 92.8 cm³/mol. The summed E-state index contributed by atoms with van der Waals surface area (Å²) in [7, 11) is 5.96. The van der Waals surface area contributed by atoms with E-state index in [2.05, 4.69) is 29.7 Å². The molecule has 126 valence electrons. The smallest absolute Gasteiger partial charge is 0.225 e. The van der Waals surface area contributed by atoms with Crippen molar-refractivity contribution in [3.05, 3.63) is 36.2 Å². The van der Waals surface area contributed by atoms with Crippen molar-refractivity contribution in [2.24, 2.45) is 7.05 Å². The Kier molecular flexibility index (Phi) is 5.92. The third-order valence-corrected chi connectivity index (χ3v) is 3.98. The van der Waals surface area contributed by atoms with Crippen LogP contribution in [0, 0.1) is 0 Å². The van der Waals surface area contributed by atoms with Gasteiger partial charge in [-0.1, -0.05) is 0 Å². The van der Waals surface area contributed by atoms with Crippen molar-refractivity contribution in [3.63, 3.8) is 0 Å². The molecular formula is C15H24ClN7. The monoisotopic (exact) mass is 337 g/mol. The van der Waals surface area contributed by atoms with Gasteiger partial charge in [-0.2, -0.15) is 0 Å². The zero-order valence-corrected chi connectivity index (χ0v) is 14.6. The molecule has 1 saturated heterocycles. The van der Waals surface area contributed by atoms with Crippen LogP contribution in [0.25, 0.3) is 0 Å². The van der Waals surface area contributed by atoms with Crippen molar-refractivity contribution >= 4 is 18.4 Å². The van der Waals surface area contributed by atoms with Crippen LogP contribution in [-0.2, 0) is 13.6 Å². The Morgan fingerprint density at radius 3 is 2.83 bits per heavy atom. The summed E-state index contributed by atoms with van der Waals surface area (Å²) in [5.74, 6) is 1.84. The molecule has 8 heteroatoms. The Bertz CT molecular complexity index is 628. The van der Waals surface area contributed by atoms with Crippen LogP contribution in [0.5, 0.6) is 0 Å². The van der Waals surface area contributed by atoms with Crippen LogP contribution in [0.2, 0.25) is 0 Å². The zero-order valence-electron chi connectivity index (χ0n) is 13.8. The van der Waals surface area contributed by atoms with Gasteiger partial charge < -0.3 is 14.8 Å². The molecule has 0 spiro atoms. The molecule has 1 aliphatic heterocycles. The zero-order chi connectivity index (χ0) is 15.5. The number of nitrogens with zero attached hydrogens (tertiary/aromatic N) is 6. The summed E-state index contributed by atoms with van der Waals surface area (Å²) in [6.45, 7) is 3.70. The number of halogens is 1. The first kappa shape index (κ1) is 17.7. The molecule has 0 radical (unpaired) electrons. The van der Waals surface area contributed by atoms with Crippen LogP contribution < -0.4 is 10.2 Å². The van der Waals surface area contributed by atoms with E-state index in [1.807, 2.05) is 50.7 Å². The maximum absolute atomic E-state index is 4.63. The van der Waals surface area contributed by atoms with E-state index in [9.17, 15) is 0 Å². The van der Waals surface area contributed by atoms with Crippen molar-refractivity contribution in [1.29, 1.82) is 0 Å². The fraction of sp³-hybridized carbons (Fsp3) is 0.533. The highest BCUT2D eigenvalue weighted by Gasteiger charge is 2.27. The van der Waals surface area contributed by atoms with E-state index in [-0.39, 0.29) is 18.4 Å². The summed E-state index contributed by atoms with van der Waals surface area (Å²) in [6.07, 6.45) is 5.68. The second-order valence-electron chi connectivity index (χ2n) is 5.83. The van der Waals surface area contributed by atoms with Crippen molar-refractivity contribution in [1.82, 2.24) is 29.7 Å². The second kappa shape index (κ2) is 7.72. The van der Waals surface area contributed by atoms with Gasteiger partial charge in [0.1, 0.15) is 5.82 Å². The SMILES string of the molecule is CN(C)c1nccc(CN2CCNCC2c2nccn2C)n1.Cl. The number of nitrogens with one attached hydrogen (secondary N) is 1. The lowest BCUT2D eigenvalue weighted by Crippen LogP contribution is -2.46. The van der Waals surface area contributed by atoms with Gasteiger partial charge in [0.2, 0.25) is 5.95 Å². The fourth-order valence-electron chi connectivity index (χ4n) is 2.78. The normalized spacial score (nSPS) is 18.5. The van der Waals surface area contributed by atoms with Crippen LogP contribution in [0.4, 0.5) is 5.95 Å². The minimum atomic E-state index is 0. The molecule has 0 bridgehead atoms. The quantitative estimate of drug-likeness (QED) is 0.892. The predicted octanol–water partition coefficient (Wildman–Crippen LogP) is 0.844. The lowest BCUT2D eigenvalue weighted by molar-refractivity contribution is 0.143. The first-order chi connectivity index (χ1) is 10.6. The van der Waals surface area contributed by atoms with E-state index in [0.29, 0.717) is 0 Å². The number of aromatic nitrogens is 4. The summed E-state index contributed by atoms with van der Waals surface area (Å²) in [4.78, 5) is 17.8. The maximum Gasteiger partial charge on any atom is 0.225 e. The summed E-state index contributed by atoms with van der Waals surface area (Å²) < 4.78 is 2.09. The van der Waals surface area contributed by atoms with Gasteiger partial charge >= 0.3 is 0 Å². The molecule has 1 aliphatic rings. The molecule has 1 unspecified atom stereocenters. The van der Waals surface area contributed by atoms with E-state index in [4.69, 9.17) is 0 Å². The van der Waals surface area contributed by atoms with Crippen LogP contribution in [0.1, 0.15) is 17.6 Å². The van der Waals surface area contributed by atoms with Gasteiger partial charge in [0.15, 0.2) is 0 Å². The number of rotatable bonds is 4. The molecule has 7 nitrogen and oxygen atoms in total. The molecular weight excluding hydrogens is 314 g/mol. The average molecular weight is 338 g/mol. The van der Waals surface area contributed by atoms with E-state index in [1.54, 1.807) is 0 Å². The average Bonchev–Trinajstić information content (AvgIpc) is 2.94. The van der Waals surface area contributed by atoms with Crippen LogP contribution >= 0.6 is 12.4 Å². The summed E-state index contributed by atoms with van der Waals surface area (Å²) in [6, 6.07) is 2.26. The number of hydrogen-bond acceptors (Lipinski definition) is 6. The van der Waals surface area contributed by atoms with Crippen LogP contribution in [0.3, 0.4) is 0 Å². The van der Waals surface area contributed by atoms with Gasteiger partial charge in [0.25, 0.3) is 0 Å². The van der Waals surface area contributed by atoms with Crippen molar-refractivity contribution < 1.29 is 0 Å². The van der Waals surface area contributed by atoms with E-state index < -0.39 is 0 Å². The Morgan fingerprint density at radius 2 is 2.13 bits per heavy atom. The molecule has 0 amide bonds. The van der Waals surface area contributed by atoms with E-state index in [0.717, 1.165) is 43.6 Å². The van der Waals surface area contributed by atoms with Crippen LogP contribution in [0.15, 0.2) is 24.7 Å². The number of hydrogen-bond donors (Lipinski definition) is 1. The molecule has 1 N–H and O–H groups in total. The molecule has 23 heavy (non-hydrogen) atoms. The molecule has 0 aliphatic carbocycles. The van der Waals surface area contributed by atoms with Crippen LogP contribution in [-0.4, -0.2) is 58.1 Å². The van der Waals surface area contributed by atoms with Gasteiger partial charge in [-0.25, -0.2) is 15.0 Å². The molecule has 3 rings (SSSR count). The molecule has 1 fully saturated rings. The van der Waals surface area contributed by atoms with Gasteiger partial charge in [-0.15, -0.1) is 12.4 Å². The first-order valence-electron chi connectivity index (χ1n) is 7.56. The summed E-state index contributed by atoms with van der Waals surface area (Å²) in [5.41, 5.74) is 1.04. The molecule has 2 aromatic heterocycles. The van der Waals surface area contributed by atoms with Crippen molar-refractivity contribution in [3.8, 4) is 0 Å². The molecule has 0 saturated carbocycles. The number of anilines is 1. The molecule has 2 aromatic rings. The third-order valence-electron chi connectivity index (χ3n) is 3.98. The lowest BCUT2D eigenvalue weighted by Gasteiger charge is -2.35. The minimum Gasteiger partial charge on any atom is -0.347 e. The number of imidazole rings is 1. The Hall–Kier alpha value is -1.70. The molecule has 0 aromatic carbocycles. The maximum atomic E-state index is 4.63. The standard InChI is InChI=1S/C15H23N7.ClH/c1-20(2)15-18-5-4-12(19-15)11-22-9-6-16-10-13(22)14-17-7-8-21(14)3;/h4-5,7-8,13,16H,6,9-11H2,1-3H3;1H. The van der Waals surface area contributed by atoms with Gasteiger partial charge in [0.05, 0.1) is 11.7 Å².